The Hall–Kier alpha value is -2.52. The number of nitrogens with zero attached hydrogens (tertiary/aromatic N) is 2. The van der Waals surface area contributed by atoms with Gasteiger partial charge in [-0.25, -0.2) is 26.5 Å². The molecule has 6 nitrogen and oxygen atoms in total. The van der Waals surface area contributed by atoms with Crippen molar-refractivity contribution in [3.05, 3.63) is 65.2 Å². The number of benzene rings is 2. The van der Waals surface area contributed by atoms with Crippen LogP contribution in [0.4, 0.5) is 8.78 Å². The number of nitrogens with one attached hydrogen (secondary N) is 2. The number of halogens is 2. The standard InChI is InChI=1S/C19H24F2N4O2S/c1-4-22-19(24-13-15-11-16(20)9-10-17(15)21)23-12-14-7-5-6-8-18(14)28(26,27)25(2)3/h5-11H,4,12-13H2,1-3H3,(H2,22,23,24). The summed E-state index contributed by atoms with van der Waals surface area (Å²) in [5.74, 6) is -0.709. The fourth-order valence-corrected chi connectivity index (χ4v) is 3.56. The van der Waals surface area contributed by atoms with E-state index in [9.17, 15) is 17.2 Å². The lowest BCUT2D eigenvalue weighted by Crippen LogP contribution is -2.37. The van der Waals surface area contributed by atoms with Crippen LogP contribution in [0.5, 0.6) is 0 Å². The van der Waals surface area contributed by atoms with Crippen LogP contribution in [-0.4, -0.2) is 39.3 Å². The predicted molar refractivity (Wildman–Crippen MR) is 105 cm³/mol. The van der Waals surface area contributed by atoms with E-state index in [0.717, 1.165) is 22.5 Å². The minimum atomic E-state index is -3.59. The molecule has 0 unspecified atom stereocenters. The van der Waals surface area contributed by atoms with Crippen molar-refractivity contribution in [1.82, 2.24) is 14.9 Å². The van der Waals surface area contributed by atoms with Gasteiger partial charge in [-0.2, -0.15) is 0 Å². The summed E-state index contributed by atoms with van der Waals surface area (Å²) < 4.78 is 53.2. The van der Waals surface area contributed by atoms with Gasteiger partial charge in [0.2, 0.25) is 10.0 Å². The maximum absolute atomic E-state index is 13.8. The van der Waals surface area contributed by atoms with Crippen LogP contribution < -0.4 is 10.6 Å². The summed E-state index contributed by atoms with van der Waals surface area (Å²) in [4.78, 5) is 4.45. The molecule has 9 heteroatoms. The molecule has 0 spiro atoms. The average molecular weight is 410 g/mol. The van der Waals surface area contributed by atoms with Crippen LogP contribution in [0.15, 0.2) is 52.4 Å². The molecule has 152 valence electrons. The molecule has 0 heterocycles. The molecule has 28 heavy (non-hydrogen) atoms. The van der Waals surface area contributed by atoms with E-state index in [1.807, 2.05) is 6.92 Å². The Morgan fingerprint density at radius 3 is 2.46 bits per heavy atom. The summed E-state index contributed by atoms with van der Waals surface area (Å²) >= 11 is 0. The molecule has 2 aromatic carbocycles. The quantitative estimate of drug-likeness (QED) is 0.543. The van der Waals surface area contributed by atoms with E-state index < -0.39 is 21.7 Å². The number of hydrogen-bond acceptors (Lipinski definition) is 3. The van der Waals surface area contributed by atoms with Crippen molar-refractivity contribution in [1.29, 1.82) is 0 Å². The van der Waals surface area contributed by atoms with Crippen LogP contribution >= 0.6 is 0 Å². The van der Waals surface area contributed by atoms with E-state index >= 15 is 0 Å². The fourth-order valence-electron chi connectivity index (χ4n) is 2.45. The summed E-state index contributed by atoms with van der Waals surface area (Å²) in [6, 6.07) is 9.86. The molecule has 0 aliphatic heterocycles. The number of sulfonamides is 1. The van der Waals surface area contributed by atoms with Gasteiger partial charge in [0.1, 0.15) is 11.6 Å². The zero-order valence-electron chi connectivity index (χ0n) is 16.0. The summed E-state index contributed by atoms with van der Waals surface area (Å²) in [5, 5.41) is 6.03. The zero-order valence-corrected chi connectivity index (χ0v) is 16.9. The summed E-state index contributed by atoms with van der Waals surface area (Å²) in [6.07, 6.45) is 0. The monoisotopic (exact) mass is 410 g/mol. The maximum Gasteiger partial charge on any atom is 0.242 e. The normalized spacial score (nSPS) is 12.3. The highest BCUT2D eigenvalue weighted by molar-refractivity contribution is 7.89. The van der Waals surface area contributed by atoms with Crippen LogP contribution in [0.1, 0.15) is 18.1 Å². The third-order valence-corrected chi connectivity index (χ3v) is 5.85. The second-order valence-electron chi connectivity index (χ2n) is 6.18. The molecule has 0 aliphatic rings. The van der Waals surface area contributed by atoms with Crippen LogP contribution in [0, 0.1) is 11.6 Å². The third kappa shape index (κ3) is 5.49. The highest BCUT2D eigenvalue weighted by Gasteiger charge is 2.20. The van der Waals surface area contributed by atoms with Crippen LogP contribution in [0.3, 0.4) is 0 Å². The van der Waals surface area contributed by atoms with E-state index in [1.54, 1.807) is 24.3 Å². The smallest absolute Gasteiger partial charge is 0.242 e. The predicted octanol–water partition coefficient (Wildman–Crippen LogP) is 2.47. The lowest BCUT2D eigenvalue weighted by molar-refractivity contribution is 0.519. The molecule has 0 saturated carbocycles. The van der Waals surface area contributed by atoms with Gasteiger partial charge < -0.3 is 10.6 Å². The molecule has 2 N–H and O–H groups in total. The Labute approximate surface area is 164 Å². The highest BCUT2D eigenvalue weighted by atomic mass is 32.2. The second-order valence-corrected chi connectivity index (χ2v) is 8.30. The van der Waals surface area contributed by atoms with Gasteiger partial charge in [-0.1, -0.05) is 18.2 Å². The molecule has 0 aromatic heterocycles. The van der Waals surface area contributed by atoms with E-state index in [4.69, 9.17) is 0 Å². The number of hydrogen-bond donors (Lipinski definition) is 2. The molecule has 2 rings (SSSR count). The molecule has 0 saturated heterocycles. The largest absolute Gasteiger partial charge is 0.357 e. The van der Waals surface area contributed by atoms with E-state index in [-0.39, 0.29) is 23.5 Å². The van der Waals surface area contributed by atoms with Gasteiger partial charge in [0.25, 0.3) is 0 Å². The van der Waals surface area contributed by atoms with Crippen molar-refractivity contribution in [2.45, 2.75) is 24.9 Å². The first kappa shape index (κ1) is 21.8. The van der Waals surface area contributed by atoms with Gasteiger partial charge in [0.05, 0.1) is 11.4 Å². The van der Waals surface area contributed by atoms with Crippen molar-refractivity contribution in [2.24, 2.45) is 4.99 Å². The number of aliphatic imine (C=N–C) groups is 1. The number of rotatable bonds is 7. The van der Waals surface area contributed by atoms with Gasteiger partial charge in [0, 0.05) is 32.7 Å². The fraction of sp³-hybridized carbons (Fsp3) is 0.316. The highest BCUT2D eigenvalue weighted by Crippen LogP contribution is 2.18. The van der Waals surface area contributed by atoms with E-state index in [1.165, 1.54) is 14.1 Å². The third-order valence-electron chi connectivity index (χ3n) is 3.94. The molecule has 2 aromatic rings. The molecule has 0 amide bonds. The summed E-state index contributed by atoms with van der Waals surface area (Å²) in [5.41, 5.74) is 0.700. The zero-order chi connectivity index (χ0) is 20.7. The molecule has 0 fully saturated rings. The van der Waals surface area contributed by atoms with Crippen molar-refractivity contribution >= 4 is 16.0 Å². The average Bonchev–Trinajstić information content (AvgIpc) is 2.66. The lowest BCUT2D eigenvalue weighted by Gasteiger charge is -2.17. The van der Waals surface area contributed by atoms with Crippen molar-refractivity contribution in [3.63, 3.8) is 0 Å². The maximum atomic E-state index is 13.8. The Kier molecular flexibility index (Phi) is 7.47. The summed E-state index contributed by atoms with van der Waals surface area (Å²) in [7, 11) is -0.650. The van der Waals surface area contributed by atoms with Gasteiger partial charge >= 0.3 is 0 Å². The molecule has 0 bridgehead atoms. The molecule has 0 aliphatic carbocycles. The van der Waals surface area contributed by atoms with E-state index in [2.05, 4.69) is 15.6 Å². The van der Waals surface area contributed by atoms with Gasteiger partial charge in [-0.05, 0) is 36.8 Å². The lowest BCUT2D eigenvalue weighted by atomic mass is 10.2. The Morgan fingerprint density at radius 2 is 1.79 bits per heavy atom. The van der Waals surface area contributed by atoms with Crippen molar-refractivity contribution < 1.29 is 17.2 Å². The molecule has 0 radical (unpaired) electrons. The topological polar surface area (TPSA) is 73.8 Å². The Balaban J connectivity index is 2.19. The van der Waals surface area contributed by atoms with Gasteiger partial charge in [-0.3, -0.25) is 0 Å². The molecular formula is C19H24F2N4O2S. The first-order valence-corrected chi connectivity index (χ1v) is 10.2. The van der Waals surface area contributed by atoms with Crippen LogP contribution in [-0.2, 0) is 23.1 Å². The Morgan fingerprint density at radius 1 is 1.07 bits per heavy atom. The van der Waals surface area contributed by atoms with Crippen LogP contribution in [0.25, 0.3) is 0 Å². The number of guanidine groups is 1. The first-order chi connectivity index (χ1) is 13.3. The minimum absolute atomic E-state index is 0.0590. The molecular weight excluding hydrogens is 386 g/mol. The minimum Gasteiger partial charge on any atom is -0.357 e. The first-order valence-electron chi connectivity index (χ1n) is 8.72. The van der Waals surface area contributed by atoms with Crippen molar-refractivity contribution in [2.75, 3.05) is 20.6 Å². The van der Waals surface area contributed by atoms with Gasteiger partial charge in [-0.15, -0.1) is 0 Å². The Bertz CT molecular complexity index is 947. The summed E-state index contributed by atoms with van der Waals surface area (Å²) in [6.45, 7) is 2.55. The second kappa shape index (κ2) is 9.61. The van der Waals surface area contributed by atoms with Crippen molar-refractivity contribution in [3.8, 4) is 0 Å². The van der Waals surface area contributed by atoms with E-state index in [0.29, 0.717) is 18.1 Å². The van der Waals surface area contributed by atoms with Crippen LogP contribution in [0.2, 0.25) is 0 Å². The molecule has 0 atom stereocenters. The SMILES string of the molecule is CCNC(=NCc1cc(F)ccc1F)NCc1ccccc1S(=O)(=O)N(C)C. The van der Waals surface area contributed by atoms with Gasteiger partial charge in [0.15, 0.2) is 5.96 Å².